The fourth-order valence-electron chi connectivity index (χ4n) is 3.07. The Balaban J connectivity index is 1.86. The third-order valence-electron chi connectivity index (χ3n) is 4.36. The third-order valence-corrected chi connectivity index (χ3v) is 4.36. The topological polar surface area (TPSA) is 32.3 Å². The number of amides is 1. The maximum absolute atomic E-state index is 12.8. The normalized spacial score (nSPS) is 21.7. The minimum atomic E-state index is -0.178. The Labute approximate surface area is 108 Å². The predicted octanol–water partition coefficient (Wildman–Crippen LogP) is 1.97. The standard InChI is InChI=1S/C15H20N2O/c1-15(7-9-16-10-8-15)14(18)17-11-6-12-4-2-3-5-13(12)17/h2-5,16H,6-11H2,1H3. The Morgan fingerprint density at radius 3 is 2.78 bits per heavy atom. The maximum Gasteiger partial charge on any atom is 0.233 e. The Kier molecular flexibility index (Phi) is 2.86. The Morgan fingerprint density at radius 2 is 2.00 bits per heavy atom. The van der Waals surface area contributed by atoms with Gasteiger partial charge in [-0.3, -0.25) is 4.79 Å². The number of fused-ring (bicyclic) bond motifs is 1. The fourth-order valence-corrected chi connectivity index (χ4v) is 3.07. The van der Waals surface area contributed by atoms with Crippen LogP contribution in [-0.4, -0.2) is 25.5 Å². The average Bonchev–Trinajstić information content (AvgIpc) is 2.82. The second-order valence-electron chi connectivity index (χ2n) is 5.65. The molecule has 0 aliphatic carbocycles. The van der Waals surface area contributed by atoms with Crippen molar-refractivity contribution in [2.24, 2.45) is 5.41 Å². The zero-order valence-corrected chi connectivity index (χ0v) is 10.9. The van der Waals surface area contributed by atoms with E-state index in [4.69, 9.17) is 0 Å². The van der Waals surface area contributed by atoms with Gasteiger partial charge < -0.3 is 10.2 Å². The lowest BCUT2D eigenvalue weighted by molar-refractivity contribution is -0.128. The average molecular weight is 244 g/mol. The Morgan fingerprint density at radius 1 is 1.28 bits per heavy atom. The van der Waals surface area contributed by atoms with Gasteiger partial charge in [-0.2, -0.15) is 0 Å². The van der Waals surface area contributed by atoms with Crippen LogP contribution < -0.4 is 10.2 Å². The molecule has 2 heterocycles. The summed E-state index contributed by atoms with van der Waals surface area (Å²) >= 11 is 0. The monoisotopic (exact) mass is 244 g/mol. The quantitative estimate of drug-likeness (QED) is 0.819. The molecular formula is C15H20N2O. The SMILES string of the molecule is CC1(C(=O)N2CCc3ccccc32)CCNCC1. The fraction of sp³-hybridized carbons (Fsp3) is 0.533. The van der Waals surface area contributed by atoms with Crippen LogP contribution >= 0.6 is 0 Å². The van der Waals surface area contributed by atoms with Crippen LogP contribution in [0.15, 0.2) is 24.3 Å². The minimum Gasteiger partial charge on any atom is -0.317 e. The van der Waals surface area contributed by atoms with Crippen LogP contribution in [0.5, 0.6) is 0 Å². The minimum absolute atomic E-state index is 0.178. The van der Waals surface area contributed by atoms with Crippen LogP contribution in [0.3, 0.4) is 0 Å². The van der Waals surface area contributed by atoms with E-state index in [-0.39, 0.29) is 5.41 Å². The van der Waals surface area contributed by atoms with E-state index < -0.39 is 0 Å². The lowest BCUT2D eigenvalue weighted by atomic mass is 9.79. The number of hydrogen-bond donors (Lipinski definition) is 1. The van der Waals surface area contributed by atoms with Gasteiger partial charge in [-0.1, -0.05) is 25.1 Å². The van der Waals surface area contributed by atoms with Gasteiger partial charge in [-0.05, 0) is 44.0 Å². The van der Waals surface area contributed by atoms with Crippen molar-refractivity contribution in [1.82, 2.24) is 5.32 Å². The second-order valence-corrected chi connectivity index (χ2v) is 5.65. The summed E-state index contributed by atoms with van der Waals surface area (Å²) in [5.41, 5.74) is 2.26. The molecule has 0 aromatic heterocycles. The number of benzene rings is 1. The van der Waals surface area contributed by atoms with Gasteiger partial charge in [0.1, 0.15) is 0 Å². The molecule has 18 heavy (non-hydrogen) atoms. The molecule has 1 aromatic carbocycles. The molecule has 0 spiro atoms. The predicted molar refractivity (Wildman–Crippen MR) is 72.7 cm³/mol. The Hall–Kier alpha value is -1.35. The largest absolute Gasteiger partial charge is 0.317 e. The highest BCUT2D eigenvalue weighted by Crippen LogP contribution is 2.36. The van der Waals surface area contributed by atoms with Crippen molar-refractivity contribution in [3.63, 3.8) is 0 Å². The van der Waals surface area contributed by atoms with Crippen LogP contribution in [0.4, 0.5) is 5.69 Å². The van der Waals surface area contributed by atoms with Gasteiger partial charge >= 0.3 is 0 Å². The van der Waals surface area contributed by atoms with Gasteiger partial charge in [-0.25, -0.2) is 0 Å². The van der Waals surface area contributed by atoms with E-state index in [2.05, 4.69) is 30.4 Å². The molecule has 96 valence electrons. The highest BCUT2D eigenvalue weighted by molar-refractivity contribution is 5.99. The lowest BCUT2D eigenvalue weighted by Crippen LogP contribution is -2.47. The van der Waals surface area contributed by atoms with Gasteiger partial charge in [0.25, 0.3) is 0 Å². The van der Waals surface area contributed by atoms with E-state index in [0.717, 1.165) is 44.6 Å². The maximum atomic E-state index is 12.8. The molecule has 1 aromatic rings. The molecule has 3 heteroatoms. The lowest BCUT2D eigenvalue weighted by Gasteiger charge is -2.36. The summed E-state index contributed by atoms with van der Waals surface area (Å²) in [5, 5.41) is 3.33. The number of carbonyl (C=O) groups is 1. The van der Waals surface area contributed by atoms with Crippen molar-refractivity contribution in [1.29, 1.82) is 0 Å². The highest BCUT2D eigenvalue weighted by atomic mass is 16.2. The molecule has 1 saturated heterocycles. The second kappa shape index (κ2) is 4.39. The number of nitrogens with one attached hydrogen (secondary N) is 1. The molecular weight excluding hydrogens is 224 g/mol. The summed E-state index contributed by atoms with van der Waals surface area (Å²) < 4.78 is 0. The summed E-state index contributed by atoms with van der Waals surface area (Å²) in [5.74, 6) is 0.314. The number of piperidine rings is 1. The number of anilines is 1. The van der Waals surface area contributed by atoms with Crippen molar-refractivity contribution >= 4 is 11.6 Å². The van der Waals surface area contributed by atoms with Crippen LogP contribution in [0.25, 0.3) is 0 Å². The number of rotatable bonds is 1. The Bertz CT molecular complexity index is 463. The zero-order chi connectivity index (χ0) is 12.6. The number of hydrogen-bond acceptors (Lipinski definition) is 2. The van der Waals surface area contributed by atoms with Gasteiger partial charge in [0.2, 0.25) is 5.91 Å². The van der Waals surface area contributed by atoms with E-state index in [9.17, 15) is 4.79 Å². The first-order chi connectivity index (χ1) is 8.71. The first-order valence-electron chi connectivity index (χ1n) is 6.81. The number of para-hydroxylation sites is 1. The van der Waals surface area contributed by atoms with Gasteiger partial charge in [0.15, 0.2) is 0 Å². The number of carbonyl (C=O) groups excluding carboxylic acids is 1. The van der Waals surface area contributed by atoms with Gasteiger partial charge in [0.05, 0.1) is 0 Å². The molecule has 2 aliphatic heterocycles. The molecule has 0 radical (unpaired) electrons. The van der Waals surface area contributed by atoms with Gasteiger partial charge in [0, 0.05) is 17.6 Å². The highest BCUT2D eigenvalue weighted by Gasteiger charge is 2.39. The molecule has 2 aliphatic rings. The van der Waals surface area contributed by atoms with Crippen molar-refractivity contribution in [3.05, 3.63) is 29.8 Å². The molecule has 0 unspecified atom stereocenters. The molecule has 0 saturated carbocycles. The van der Waals surface area contributed by atoms with Crippen molar-refractivity contribution in [2.75, 3.05) is 24.5 Å². The smallest absolute Gasteiger partial charge is 0.233 e. The van der Waals surface area contributed by atoms with E-state index in [0.29, 0.717) is 5.91 Å². The summed E-state index contributed by atoms with van der Waals surface area (Å²) in [6.45, 7) is 4.88. The summed E-state index contributed by atoms with van der Waals surface area (Å²) in [6, 6.07) is 8.28. The van der Waals surface area contributed by atoms with E-state index in [1.807, 2.05) is 11.0 Å². The first kappa shape index (κ1) is 11.7. The van der Waals surface area contributed by atoms with Crippen LogP contribution in [0.1, 0.15) is 25.3 Å². The van der Waals surface area contributed by atoms with Crippen LogP contribution in [-0.2, 0) is 11.2 Å². The molecule has 1 amide bonds. The van der Waals surface area contributed by atoms with Crippen molar-refractivity contribution in [2.45, 2.75) is 26.2 Å². The summed E-state index contributed by atoms with van der Waals surface area (Å²) in [4.78, 5) is 14.8. The molecule has 3 rings (SSSR count). The van der Waals surface area contributed by atoms with Crippen molar-refractivity contribution < 1.29 is 4.79 Å². The molecule has 1 N–H and O–H groups in total. The molecule has 1 fully saturated rings. The molecule has 0 bridgehead atoms. The zero-order valence-electron chi connectivity index (χ0n) is 10.9. The third kappa shape index (κ3) is 1.83. The first-order valence-corrected chi connectivity index (χ1v) is 6.81. The van der Waals surface area contributed by atoms with Crippen LogP contribution in [0, 0.1) is 5.41 Å². The summed E-state index contributed by atoms with van der Waals surface area (Å²) in [6.07, 6.45) is 2.89. The van der Waals surface area contributed by atoms with E-state index in [1.165, 1.54) is 5.56 Å². The number of nitrogens with zero attached hydrogens (tertiary/aromatic N) is 1. The molecule has 0 atom stereocenters. The van der Waals surface area contributed by atoms with E-state index >= 15 is 0 Å². The van der Waals surface area contributed by atoms with Crippen molar-refractivity contribution in [3.8, 4) is 0 Å². The molecule has 3 nitrogen and oxygen atoms in total. The van der Waals surface area contributed by atoms with Gasteiger partial charge in [-0.15, -0.1) is 0 Å². The van der Waals surface area contributed by atoms with Crippen LogP contribution in [0.2, 0.25) is 0 Å². The summed E-state index contributed by atoms with van der Waals surface area (Å²) in [7, 11) is 0. The van der Waals surface area contributed by atoms with E-state index in [1.54, 1.807) is 0 Å².